The van der Waals surface area contributed by atoms with Gasteiger partial charge in [-0.25, -0.2) is 4.98 Å². The highest BCUT2D eigenvalue weighted by molar-refractivity contribution is 6.30. The SMILES string of the molecule is COCOc1cc(CCl)cnc1Cl. The number of hydrogen-bond donors (Lipinski definition) is 0. The fourth-order valence-electron chi connectivity index (χ4n) is 0.765. The van der Waals surface area contributed by atoms with E-state index in [1.54, 1.807) is 12.3 Å². The summed E-state index contributed by atoms with van der Waals surface area (Å²) in [6.45, 7) is 0.146. The summed E-state index contributed by atoms with van der Waals surface area (Å²) in [5, 5.41) is 0.311. The van der Waals surface area contributed by atoms with Crippen LogP contribution in [0.4, 0.5) is 0 Å². The highest BCUT2D eigenvalue weighted by Crippen LogP contribution is 2.23. The Balaban J connectivity index is 2.78. The summed E-state index contributed by atoms with van der Waals surface area (Å²) >= 11 is 11.4. The van der Waals surface area contributed by atoms with Crippen LogP contribution in [0.15, 0.2) is 12.3 Å². The average Bonchev–Trinajstić information content (AvgIpc) is 2.17. The van der Waals surface area contributed by atoms with E-state index in [1.165, 1.54) is 7.11 Å². The van der Waals surface area contributed by atoms with Crippen molar-refractivity contribution >= 4 is 23.2 Å². The predicted octanol–water partition coefficient (Wildman–Crippen LogP) is 2.46. The average molecular weight is 222 g/mol. The van der Waals surface area contributed by atoms with Crippen molar-refractivity contribution in [3.8, 4) is 5.75 Å². The second-order valence-corrected chi connectivity index (χ2v) is 2.94. The maximum absolute atomic E-state index is 5.75. The van der Waals surface area contributed by atoms with Crippen LogP contribution < -0.4 is 4.74 Å². The van der Waals surface area contributed by atoms with Crippen LogP contribution in [0.3, 0.4) is 0 Å². The van der Waals surface area contributed by atoms with E-state index in [4.69, 9.17) is 32.7 Å². The van der Waals surface area contributed by atoms with Gasteiger partial charge in [0.25, 0.3) is 0 Å². The van der Waals surface area contributed by atoms with E-state index in [0.717, 1.165) is 5.56 Å². The molecule has 1 aromatic heterocycles. The monoisotopic (exact) mass is 221 g/mol. The zero-order chi connectivity index (χ0) is 9.68. The van der Waals surface area contributed by atoms with E-state index in [2.05, 4.69) is 4.98 Å². The van der Waals surface area contributed by atoms with Crippen molar-refractivity contribution in [2.45, 2.75) is 5.88 Å². The van der Waals surface area contributed by atoms with Gasteiger partial charge in [-0.15, -0.1) is 11.6 Å². The minimum atomic E-state index is 0.146. The maximum Gasteiger partial charge on any atom is 0.188 e. The molecule has 0 aromatic carbocycles. The first-order valence-corrected chi connectivity index (χ1v) is 4.51. The molecule has 0 fully saturated rings. The van der Waals surface area contributed by atoms with Gasteiger partial charge in [0, 0.05) is 19.2 Å². The molecule has 3 nitrogen and oxygen atoms in total. The summed E-state index contributed by atoms with van der Waals surface area (Å²) < 4.78 is 9.89. The molecule has 0 bridgehead atoms. The topological polar surface area (TPSA) is 31.4 Å². The Hall–Kier alpha value is -0.510. The Morgan fingerprint density at radius 3 is 2.92 bits per heavy atom. The minimum absolute atomic E-state index is 0.146. The first-order valence-electron chi connectivity index (χ1n) is 3.60. The first kappa shape index (κ1) is 10.6. The van der Waals surface area contributed by atoms with Crippen LogP contribution in [-0.4, -0.2) is 18.9 Å². The molecule has 0 spiro atoms. The van der Waals surface area contributed by atoms with Gasteiger partial charge in [0.15, 0.2) is 17.7 Å². The number of aromatic nitrogens is 1. The number of pyridine rings is 1. The lowest BCUT2D eigenvalue weighted by atomic mass is 10.3. The summed E-state index contributed by atoms with van der Waals surface area (Å²) in [4.78, 5) is 3.90. The third-order valence-electron chi connectivity index (χ3n) is 1.35. The number of alkyl halides is 1. The fraction of sp³-hybridized carbons (Fsp3) is 0.375. The largest absolute Gasteiger partial charge is 0.464 e. The molecule has 0 saturated carbocycles. The van der Waals surface area contributed by atoms with Gasteiger partial charge in [0.05, 0.1) is 0 Å². The van der Waals surface area contributed by atoms with E-state index in [-0.39, 0.29) is 6.79 Å². The fourth-order valence-corrected chi connectivity index (χ4v) is 1.07. The van der Waals surface area contributed by atoms with E-state index in [0.29, 0.717) is 16.8 Å². The molecule has 1 rings (SSSR count). The quantitative estimate of drug-likeness (QED) is 0.445. The predicted molar refractivity (Wildman–Crippen MR) is 51.3 cm³/mol. The third-order valence-corrected chi connectivity index (χ3v) is 1.94. The molecule has 0 unspecified atom stereocenters. The van der Waals surface area contributed by atoms with E-state index < -0.39 is 0 Å². The zero-order valence-corrected chi connectivity index (χ0v) is 8.60. The summed E-state index contributed by atoms with van der Waals surface area (Å²) in [5.41, 5.74) is 0.858. The normalized spacial score (nSPS) is 10.1. The van der Waals surface area contributed by atoms with Crippen molar-refractivity contribution in [3.05, 3.63) is 23.0 Å². The smallest absolute Gasteiger partial charge is 0.188 e. The molecule has 13 heavy (non-hydrogen) atoms. The second-order valence-electron chi connectivity index (χ2n) is 2.32. The lowest BCUT2D eigenvalue weighted by Gasteiger charge is -2.06. The van der Waals surface area contributed by atoms with Gasteiger partial charge in [-0.1, -0.05) is 11.6 Å². The lowest BCUT2D eigenvalue weighted by molar-refractivity contribution is 0.0509. The zero-order valence-electron chi connectivity index (χ0n) is 7.09. The molecule has 0 N–H and O–H groups in total. The molecule has 0 saturated heterocycles. The Kier molecular flexibility index (Phi) is 4.28. The highest BCUT2D eigenvalue weighted by atomic mass is 35.5. The Morgan fingerprint density at radius 1 is 1.54 bits per heavy atom. The molecule has 0 atom stereocenters. The van der Waals surface area contributed by atoms with E-state index in [1.807, 2.05) is 0 Å². The van der Waals surface area contributed by atoms with Gasteiger partial charge in [-0.3, -0.25) is 0 Å². The van der Waals surface area contributed by atoms with Crippen LogP contribution in [-0.2, 0) is 10.6 Å². The highest BCUT2D eigenvalue weighted by Gasteiger charge is 2.03. The van der Waals surface area contributed by atoms with Crippen LogP contribution >= 0.6 is 23.2 Å². The lowest BCUT2D eigenvalue weighted by Crippen LogP contribution is -2.00. The summed E-state index contributed by atoms with van der Waals surface area (Å²) in [5.74, 6) is 0.870. The summed E-state index contributed by atoms with van der Waals surface area (Å²) in [6.07, 6.45) is 1.61. The van der Waals surface area contributed by atoms with Gasteiger partial charge in [-0.2, -0.15) is 0 Å². The molecule has 0 amide bonds. The van der Waals surface area contributed by atoms with Gasteiger partial charge in [0.2, 0.25) is 0 Å². The first-order chi connectivity index (χ1) is 6.27. The number of rotatable bonds is 4. The molecule has 0 aliphatic carbocycles. The molecular weight excluding hydrogens is 213 g/mol. The summed E-state index contributed by atoms with van der Waals surface area (Å²) in [7, 11) is 1.53. The molecule has 1 heterocycles. The van der Waals surface area contributed by atoms with Crippen molar-refractivity contribution in [1.82, 2.24) is 4.98 Å². The molecule has 1 aromatic rings. The van der Waals surface area contributed by atoms with Crippen LogP contribution in [0, 0.1) is 0 Å². The van der Waals surface area contributed by atoms with E-state index in [9.17, 15) is 0 Å². The maximum atomic E-state index is 5.75. The molecule has 0 aliphatic rings. The van der Waals surface area contributed by atoms with Crippen molar-refractivity contribution in [2.24, 2.45) is 0 Å². The van der Waals surface area contributed by atoms with Crippen molar-refractivity contribution < 1.29 is 9.47 Å². The Labute approximate surface area is 86.6 Å². The summed E-state index contributed by atoms with van der Waals surface area (Å²) in [6, 6.07) is 1.74. The molecule has 0 radical (unpaired) electrons. The van der Waals surface area contributed by atoms with Crippen molar-refractivity contribution in [2.75, 3.05) is 13.9 Å². The van der Waals surface area contributed by atoms with Gasteiger partial charge < -0.3 is 9.47 Å². The van der Waals surface area contributed by atoms with Crippen molar-refractivity contribution in [3.63, 3.8) is 0 Å². The molecule has 0 aliphatic heterocycles. The Morgan fingerprint density at radius 2 is 2.31 bits per heavy atom. The molecular formula is C8H9Cl2NO2. The number of nitrogens with zero attached hydrogens (tertiary/aromatic N) is 1. The standard InChI is InChI=1S/C8H9Cl2NO2/c1-12-5-13-7-2-6(3-9)4-11-8(7)10/h2,4H,3,5H2,1H3. The number of hydrogen-bond acceptors (Lipinski definition) is 3. The van der Waals surface area contributed by atoms with Crippen LogP contribution in [0.25, 0.3) is 0 Å². The number of methoxy groups -OCH3 is 1. The van der Waals surface area contributed by atoms with Gasteiger partial charge in [-0.05, 0) is 11.6 Å². The molecule has 5 heteroatoms. The Bertz CT molecular complexity index is 281. The van der Waals surface area contributed by atoms with Crippen LogP contribution in [0.2, 0.25) is 5.15 Å². The van der Waals surface area contributed by atoms with Gasteiger partial charge >= 0.3 is 0 Å². The number of ether oxygens (including phenoxy) is 2. The van der Waals surface area contributed by atoms with Crippen LogP contribution in [0.5, 0.6) is 5.75 Å². The van der Waals surface area contributed by atoms with Crippen molar-refractivity contribution in [1.29, 1.82) is 0 Å². The molecule has 72 valence electrons. The van der Waals surface area contributed by atoms with Gasteiger partial charge in [0.1, 0.15) is 0 Å². The van der Waals surface area contributed by atoms with Crippen LogP contribution in [0.1, 0.15) is 5.56 Å². The second kappa shape index (κ2) is 5.27. The number of halogens is 2. The van der Waals surface area contributed by atoms with E-state index >= 15 is 0 Å². The third kappa shape index (κ3) is 3.03. The minimum Gasteiger partial charge on any atom is -0.464 e.